The average molecular weight is 312 g/mol. The molecule has 0 atom stereocenters. The van der Waals surface area contributed by atoms with Crippen LogP contribution in [0, 0.1) is 0 Å². The van der Waals surface area contributed by atoms with Crippen LogP contribution in [0.1, 0.15) is 5.56 Å². The Bertz CT molecular complexity index is 588. The Labute approximate surface area is 127 Å². The van der Waals surface area contributed by atoms with Gasteiger partial charge in [-0.2, -0.15) is 0 Å². The number of hydrogen-bond donors (Lipinski definition) is 2. The van der Waals surface area contributed by atoms with E-state index >= 15 is 0 Å². The van der Waals surface area contributed by atoms with E-state index in [1.54, 1.807) is 13.2 Å². The maximum absolute atomic E-state index is 6.04. The lowest BCUT2D eigenvalue weighted by Crippen LogP contribution is -2.08. The number of nitrogens with one attached hydrogen (secondary N) is 1. The molecule has 0 saturated carbocycles. The van der Waals surface area contributed by atoms with Crippen molar-refractivity contribution in [1.82, 2.24) is 4.98 Å². The molecular formula is C14H15Cl2N3O. The first-order valence-corrected chi connectivity index (χ1v) is 6.84. The van der Waals surface area contributed by atoms with Crippen LogP contribution in [-0.4, -0.2) is 18.6 Å². The summed E-state index contributed by atoms with van der Waals surface area (Å²) in [5, 5.41) is 3.96. The zero-order valence-electron chi connectivity index (χ0n) is 11.0. The summed E-state index contributed by atoms with van der Waals surface area (Å²) in [7, 11) is 1.65. The molecule has 1 aromatic carbocycles. The van der Waals surface area contributed by atoms with Crippen molar-refractivity contribution < 1.29 is 4.74 Å². The molecule has 4 nitrogen and oxygen atoms in total. The van der Waals surface area contributed by atoms with Crippen LogP contribution < -0.4 is 15.8 Å². The molecule has 0 bridgehead atoms. The van der Waals surface area contributed by atoms with Gasteiger partial charge in [0.2, 0.25) is 0 Å². The van der Waals surface area contributed by atoms with Crippen LogP contribution in [0.15, 0.2) is 30.3 Å². The molecule has 0 fully saturated rings. The molecule has 0 aliphatic heterocycles. The number of nitrogens with two attached hydrogens (primary N) is 1. The van der Waals surface area contributed by atoms with Crippen molar-refractivity contribution >= 4 is 34.8 Å². The van der Waals surface area contributed by atoms with Gasteiger partial charge in [0.1, 0.15) is 17.4 Å². The lowest BCUT2D eigenvalue weighted by molar-refractivity contribution is 0.414. The Hall–Kier alpha value is -1.65. The second kappa shape index (κ2) is 6.68. The predicted molar refractivity (Wildman–Crippen MR) is 83.9 cm³/mol. The number of methoxy groups -OCH3 is 1. The quantitative estimate of drug-likeness (QED) is 0.885. The number of anilines is 2. The Morgan fingerprint density at radius 1 is 1.20 bits per heavy atom. The van der Waals surface area contributed by atoms with Crippen molar-refractivity contribution in [3.05, 3.63) is 45.9 Å². The molecule has 6 heteroatoms. The van der Waals surface area contributed by atoms with Gasteiger partial charge >= 0.3 is 0 Å². The number of halogens is 2. The first-order chi connectivity index (χ1) is 9.60. The maximum Gasteiger partial charge on any atom is 0.147 e. The van der Waals surface area contributed by atoms with Gasteiger partial charge in [0.25, 0.3) is 0 Å². The molecule has 0 aliphatic carbocycles. The lowest BCUT2D eigenvalue weighted by Gasteiger charge is -2.09. The molecule has 0 spiro atoms. The molecule has 0 unspecified atom stereocenters. The zero-order chi connectivity index (χ0) is 14.5. The lowest BCUT2D eigenvalue weighted by atomic mass is 10.1. The standard InChI is InChI=1S/C14H15Cl2N3O/c1-20-10-4-2-9(3-5-10)6-7-18-14-12(16)8-11(15)13(17)19-14/h2-5,8H,6-7H2,1H3,(H3,17,18,19). The molecule has 1 aromatic heterocycles. The fourth-order valence-corrected chi connectivity index (χ4v) is 2.15. The van der Waals surface area contributed by atoms with E-state index in [-0.39, 0.29) is 5.82 Å². The number of aromatic nitrogens is 1. The van der Waals surface area contributed by atoms with Gasteiger partial charge in [-0.15, -0.1) is 0 Å². The molecule has 2 aromatic rings. The van der Waals surface area contributed by atoms with Crippen LogP contribution in [-0.2, 0) is 6.42 Å². The number of nitrogen functional groups attached to an aromatic ring is 1. The molecule has 3 N–H and O–H groups in total. The SMILES string of the molecule is COc1ccc(CCNc2nc(N)c(Cl)cc2Cl)cc1. The maximum atomic E-state index is 6.04. The summed E-state index contributed by atoms with van der Waals surface area (Å²) in [5.41, 5.74) is 6.84. The van der Waals surface area contributed by atoms with Crippen LogP contribution in [0.2, 0.25) is 10.0 Å². The minimum atomic E-state index is 0.267. The summed E-state index contributed by atoms with van der Waals surface area (Å²) < 4.78 is 5.11. The molecule has 0 amide bonds. The van der Waals surface area contributed by atoms with Crippen LogP contribution in [0.25, 0.3) is 0 Å². The van der Waals surface area contributed by atoms with Gasteiger partial charge in [-0.1, -0.05) is 35.3 Å². The normalized spacial score (nSPS) is 10.3. The number of benzene rings is 1. The van der Waals surface area contributed by atoms with Crippen LogP contribution in [0.3, 0.4) is 0 Å². The molecule has 2 rings (SSSR count). The largest absolute Gasteiger partial charge is 0.497 e. The van der Waals surface area contributed by atoms with E-state index in [0.29, 0.717) is 22.4 Å². The van der Waals surface area contributed by atoms with E-state index in [4.69, 9.17) is 33.7 Å². The second-order valence-electron chi connectivity index (χ2n) is 4.21. The summed E-state index contributed by atoms with van der Waals surface area (Å²) in [6.07, 6.45) is 0.838. The van der Waals surface area contributed by atoms with Gasteiger partial charge in [-0.25, -0.2) is 4.98 Å². The number of pyridine rings is 1. The summed E-state index contributed by atoms with van der Waals surface area (Å²) >= 11 is 11.9. The molecule has 0 radical (unpaired) electrons. The summed E-state index contributed by atoms with van der Waals surface area (Å²) in [6, 6.07) is 9.49. The fourth-order valence-electron chi connectivity index (χ4n) is 1.72. The highest BCUT2D eigenvalue weighted by Gasteiger charge is 2.06. The zero-order valence-corrected chi connectivity index (χ0v) is 12.5. The van der Waals surface area contributed by atoms with Gasteiger partial charge in [-0.05, 0) is 30.2 Å². The van der Waals surface area contributed by atoms with Crippen molar-refractivity contribution in [2.24, 2.45) is 0 Å². The van der Waals surface area contributed by atoms with Gasteiger partial charge in [0, 0.05) is 6.54 Å². The van der Waals surface area contributed by atoms with Gasteiger partial charge in [0.15, 0.2) is 0 Å². The highest BCUT2D eigenvalue weighted by Crippen LogP contribution is 2.27. The third-order valence-corrected chi connectivity index (χ3v) is 3.41. The van der Waals surface area contributed by atoms with Crippen molar-refractivity contribution in [3.63, 3.8) is 0 Å². The highest BCUT2D eigenvalue weighted by molar-refractivity contribution is 6.37. The third-order valence-electron chi connectivity index (χ3n) is 2.82. The number of rotatable bonds is 5. The van der Waals surface area contributed by atoms with Crippen LogP contribution >= 0.6 is 23.2 Å². The minimum Gasteiger partial charge on any atom is -0.497 e. The summed E-state index contributed by atoms with van der Waals surface area (Å²) in [4.78, 5) is 4.11. The Kier molecular flexibility index (Phi) is 4.93. The van der Waals surface area contributed by atoms with E-state index in [9.17, 15) is 0 Å². The third kappa shape index (κ3) is 3.68. The molecule has 1 heterocycles. The van der Waals surface area contributed by atoms with Gasteiger partial charge < -0.3 is 15.8 Å². The van der Waals surface area contributed by atoms with Gasteiger partial charge in [0.05, 0.1) is 17.2 Å². The first-order valence-electron chi connectivity index (χ1n) is 6.08. The number of nitrogens with zero attached hydrogens (tertiary/aromatic N) is 1. The second-order valence-corrected chi connectivity index (χ2v) is 5.03. The Morgan fingerprint density at radius 3 is 2.55 bits per heavy atom. The topological polar surface area (TPSA) is 60.2 Å². The molecule has 0 saturated heterocycles. The monoisotopic (exact) mass is 311 g/mol. The number of hydrogen-bond acceptors (Lipinski definition) is 4. The summed E-state index contributed by atoms with van der Waals surface area (Å²) in [5.74, 6) is 1.65. The molecular weight excluding hydrogens is 297 g/mol. The van der Waals surface area contributed by atoms with Crippen LogP contribution in [0.5, 0.6) is 5.75 Å². The van der Waals surface area contributed by atoms with Crippen molar-refractivity contribution in [3.8, 4) is 5.75 Å². The Morgan fingerprint density at radius 2 is 1.90 bits per heavy atom. The van der Waals surface area contributed by atoms with E-state index in [1.165, 1.54) is 5.56 Å². The number of ether oxygens (including phenoxy) is 1. The summed E-state index contributed by atoms with van der Waals surface area (Å²) in [6.45, 7) is 0.695. The van der Waals surface area contributed by atoms with E-state index < -0.39 is 0 Å². The van der Waals surface area contributed by atoms with Crippen LogP contribution in [0.4, 0.5) is 11.6 Å². The minimum absolute atomic E-state index is 0.267. The van der Waals surface area contributed by atoms with Gasteiger partial charge in [-0.3, -0.25) is 0 Å². The average Bonchev–Trinajstić information content (AvgIpc) is 2.45. The van der Waals surface area contributed by atoms with E-state index in [2.05, 4.69) is 10.3 Å². The van der Waals surface area contributed by atoms with Crippen molar-refractivity contribution in [2.75, 3.05) is 24.7 Å². The highest BCUT2D eigenvalue weighted by atomic mass is 35.5. The van der Waals surface area contributed by atoms with E-state index in [0.717, 1.165) is 12.2 Å². The van der Waals surface area contributed by atoms with Crippen molar-refractivity contribution in [1.29, 1.82) is 0 Å². The first kappa shape index (κ1) is 14.8. The van der Waals surface area contributed by atoms with Crippen molar-refractivity contribution in [2.45, 2.75) is 6.42 Å². The smallest absolute Gasteiger partial charge is 0.147 e. The molecule has 0 aliphatic rings. The predicted octanol–water partition coefficient (Wildman–Crippen LogP) is 3.63. The Balaban J connectivity index is 1.94. The molecule has 20 heavy (non-hydrogen) atoms. The molecule has 106 valence electrons. The van der Waals surface area contributed by atoms with E-state index in [1.807, 2.05) is 24.3 Å². The fraction of sp³-hybridized carbons (Fsp3) is 0.214.